The van der Waals surface area contributed by atoms with E-state index in [2.05, 4.69) is 20.3 Å². The van der Waals surface area contributed by atoms with E-state index in [0.717, 1.165) is 22.7 Å². The van der Waals surface area contributed by atoms with E-state index in [9.17, 15) is 9.59 Å². The number of hydrogen-bond donors (Lipinski definition) is 3. The van der Waals surface area contributed by atoms with Crippen LogP contribution in [0, 0.1) is 5.41 Å². The summed E-state index contributed by atoms with van der Waals surface area (Å²) in [6, 6.07) is 9.47. The molecule has 0 aliphatic heterocycles. The molecule has 0 radical (unpaired) electrons. The van der Waals surface area contributed by atoms with Crippen LogP contribution in [-0.4, -0.2) is 20.9 Å². The number of amides is 1. The molecule has 0 aliphatic carbocycles. The lowest BCUT2D eigenvalue weighted by molar-refractivity contribution is -0.123. The van der Waals surface area contributed by atoms with Crippen LogP contribution in [0.5, 0.6) is 0 Å². The minimum absolute atomic E-state index is 0.141. The monoisotopic (exact) mass is 372 g/mol. The lowest BCUT2D eigenvalue weighted by atomic mass is 9.96. The third kappa shape index (κ3) is 3.96. The number of rotatable bonds is 4. The second kappa shape index (κ2) is 6.96. The summed E-state index contributed by atoms with van der Waals surface area (Å²) < 4.78 is 0. The highest BCUT2D eigenvalue weighted by molar-refractivity contribution is 6.31. The van der Waals surface area contributed by atoms with Crippen LogP contribution in [0.1, 0.15) is 32.0 Å². The van der Waals surface area contributed by atoms with Gasteiger partial charge in [0.2, 0.25) is 11.9 Å². The lowest BCUT2D eigenvalue weighted by Crippen LogP contribution is -2.29. The zero-order valence-electron chi connectivity index (χ0n) is 14.9. The van der Waals surface area contributed by atoms with Gasteiger partial charge in [0, 0.05) is 16.1 Å². The maximum Gasteiger partial charge on any atom is 0.261 e. The van der Waals surface area contributed by atoms with Gasteiger partial charge < -0.3 is 4.98 Å². The first-order valence-electron chi connectivity index (χ1n) is 8.41. The Balaban J connectivity index is 1.82. The fourth-order valence-corrected chi connectivity index (χ4v) is 2.76. The molecule has 0 saturated heterocycles. The number of aromatic amines is 2. The Kier molecular flexibility index (Phi) is 4.87. The van der Waals surface area contributed by atoms with Crippen molar-refractivity contribution in [1.82, 2.24) is 15.0 Å². The van der Waals surface area contributed by atoms with Crippen molar-refractivity contribution in [3.05, 3.63) is 57.0 Å². The minimum atomic E-state index is -0.580. The number of anilines is 1. The Morgan fingerprint density at radius 2 is 1.92 bits per heavy atom. The molecule has 0 atom stereocenters. The van der Waals surface area contributed by atoms with Gasteiger partial charge in [0.1, 0.15) is 5.65 Å². The van der Waals surface area contributed by atoms with Gasteiger partial charge in [0.15, 0.2) is 0 Å². The molecule has 3 aromatic rings. The smallest absolute Gasteiger partial charge is 0.261 e. The molecule has 0 aliphatic rings. The normalized spacial score (nSPS) is 11.7. The van der Waals surface area contributed by atoms with E-state index in [1.54, 1.807) is 26.8 Å². The molecule has 0 unspecified atom stereocenters. The lowest BCUT2D eigenvalue weighted by Gasteiger charge is -2.16. The minimum Gasteiger partial charge on any atom is -0.343 e. The van der Waals surface area contributed by atoms with E-state index in [0.29, 0.717) is 17.5 Å². The Labute approximate surface area is 156 Å². The molecule has 136 valence electrons. The van der Waals surface area contributed by atoms with Crippen LogP contribution in [0.3, 0.4) is 0 Å². The largest absolute Gasteiger partial charge is 0.343 e. The molecule has 2 aromatic heterocycles. The molecule has 7 heteroatoms. The molecule has 0 fully saturated rings. The maximum atomic E-state index is 12.3. The van der Waals surface area contributed by atoms with Crippen LogP contribution >= 0.6 is 11.6 Å². The maximum absolute atomic E-state index is 12.3. The van der Waals surface area contributed by atoms with Crippen molar-refractivity contribution < 1.29 is 4.79 Å². The van der Waals surface area contributed by atoms with Crippen LogP contribution in [0.25, 0.3) is 11.0 Å². The van der Waals surface area contributed by atoms with Crippen LogP contribution < -0.4 is 10.9 Å². The number of carbonyl (C=O) groups is 1. The number of fused-ring (bicyclic) bond motifs is 1. The summed E-state index contributed by atoms with van der Waals surface area (Å²) in [6.07, 6.45) is 1.45. The van der Waals surface area contributed by atoms with Crippen molar-refractivity contribution in [3.8, 4) is 0 Å². The summed E-state index contributed by atoms with van der Waals surface area (Å²) in [7, 11) is 0. The number of benzene rings is 1. The number of aromatic nitrogens is 3. The van der Waals surface area contributed by atoms with E-state index in [4.69, 9.17) is 11.6 Å². The Morgan fingerprint density at radius 1 is 1.19 bits per heavy atom. The third-order valence-corrected chi connectivity index (χ3v) is 4.46. The quantitative estimate of drug-likeness (QED) is 0.652. The number of nitrogens with zero attached hydrogens (tertiary/aromatic N) is 1. The van der Waals surface area contributed by atoms with E-state index < -0.39 is 5.41 Å². The first-order valence-corrected chi connectivity index (χ1v) is 8.78. The van der Waals surface area contributed by atoms with Gasteiger partial charge in [0.05, 0.1) is 5.39 Å². The molecule has 1 aromatic carbocycles. The summed E-state index contributed by atoms with van der Waals surface area (Å²) in [5, 5.41) is 3.84. The molecule has 0 spiro atoms. The molecular formula is C19H21ClN4O2. The highest BCUT2D eigenvalue weighted by atomic mass is 35.5. The SMILES string of the molecule is CC(C)(C)C(=O)Nc1nc2[nH]c(CCc3ccccc3Cl)cc2c(=O)[nH]1. The molecule has 0 saturated carbocycles. The van der Waals surface area contributed by atoms with Crippen LogP contribution in [-0.2, 0) is 17.6 Å². The topological polar surface area (TPSA) is 90.6 Å². The molecule has 6 nitrogen and oxygen atoms in total. The fraction of sp³-hybridized carbons (Fsp3) is 0.316. The number of aryl methyl sites for hydroxylation is 2. The van der Waals surface area contributed by atoms with Crippen molar-refractivity contribution in [2.45, 2.75) is 33.6 Å². The van der Waals surface area contributed by atoms with Crippen LogP contribution in [0.2, 0.25) is 5.02 Å². The van der Waals surface area contributed by atoms with Gasteiger partial charge in [-0.1, -0.05) is 50.6 Å². The molecule has 3 N–H and O–H groups in total. The van der Waals surface area contributed by atoms with Gasteiger partial charge in [-0.25, -0.2) is 0 Å². The second-order valence-corrected chi connectivity index (χ2v) is 7.67. The van der Waals surface area contributed by atoms with Crippen molar-refractivity contribution in [2.24, 2.45) is 5.41 Å². The van der Waals surface area contributed by atoms with Crippen molar-refractivity contribution in [3.63, 3.8) is 0 Å². The first-order chi connectivity index (χ1) is 12.2. The number of hydrogen-bond acceptors (Lipinski definition) is 3. The van der Waals surface area contributed by atoms with E-state index in [-0.39, 0.29) is 17.4 Å². The Morgan fingerprint density at radius 3 is 2.62 bits per heavy atom. The third-order valence-electron chi connectivity index (χ3n) is 4.09. The number of halogens is 1. The number of nitrogens with one attached hydrogen (secondary N) is 3. The Hall–Kier alpha value is -2.60. The van der Waals surface area contributed by atoms with Crippen LogP contribution in [0.15, 0.2) is 35.1 Å². The molecule has 2 heterocycles. The molecular weight excluding hydrogens is 352 g/mol. The van der Waals surface area contributed by atoms with Gasteiger partial charge in [-0.3, -0.25) is 19.9 Å². The fourth-order valence-electron chi connectivity index (χ4n) is 2.53. The molecule has 26 heavy (non-hydrogen) atoms. The number of carbonyl (C=O) groups excluding carboxylic acids is 1. The number of H-pyrrole nitrogens is 2. The molecule has 3 rings (SSSR count). The van der Waals surface area contributed by atoms with Gasteiger partial charge in [0.25, 0.3) is 5.56 Å². The summed E-state index contributed by atoms with van der Waals surface area (Å²) in [5.74, 6) is -0.0765. The average Bonchev–Trinajstić information content (AvgIpc) is 2.97. The first kappa shape index (κ1) is 18.2. The molecule has 1 amide bonds. The van der Waals surface area contributed by atoms with E-state index in [1.807, 2.05) is 24.3 Å². The zero-order valence-corrected chi connectivity index (χ0v) is 15.7. The average molecular weight is 373 g/mol. The van der Waals surface area contributed by atoms with Gasteiger partial charge in [-0.15, -0.1) is 0 Å². The predicted octanol–water partition coefficient (Wildman–Crippen LogP) is 3.67. The zero-order chi connectivity index (χ0) is 18.9. The summed E-state index contributed by atoms with van der Waals surface area (Å²) in [6.45, 7) is 5.38. The van der Waals surface area contributed by atoms with Gasteiger partial charge in [-0.2, -0.15) is 4.98 Å². The highest BCUT2D eigenvalue weighted by Crippen LogP contribution is 2.19. The van der Waals surface area contributed by atoms with Crippen LogP contribution in [0.4, 0.5) is 5.95 Å². The van der Waals surface area contributed by atoms with E-state index in [1.165, 1.54) is 0 Å². The van der Waals surface area contributed by atoms with Crippen molar-refractivity contribution in [1.29, 1.82) is 0 Å². The Bertz CT molecular complexity index is 1010. The van der Waals surface area contributed by atoms with Crippen molar-refractivity contribution >= 4 is 34.5 Å². The highest BCUT2D eigenvalue weighted by Gasteiger charge is 2.22. The summed E-state index contributed by atoms with van der Waals surface area (Å²) in [4.78, 5) is 34.4. The standard InChI is InChI=1S/C19H21ClN4O2/c1-19(2,3)17(26)24-18-22-15-13(16(25)23-18)10-12(21-15)9-8-11-6-4-5-7-14(11)20/h4-7,10H,8-9H2,1-3H3,(H3,21,22,23,24,25,26). The summed E-state index contributed by atoms with van der Waals surface area (Å²) >= 11 is 6.18. The second-order valence-electron chi connectivity index (χ2n) is 7.27. The van der Waals surface area contributed by atoms with Gasteiger partial charge >= 0.3 is 0 Å². The molecule has 0 bridgehead atoms. The predicted molar refractivity (Wildman–Crippen MR) is 104 cm³/mol. The van der Waals surface area contributed by atoms with E-state index >= 15 is 0 Å². The summed E-state index contributed by atoms with van der Waals surface area (Å²) in [5.41, 5.74) is 1.51. The van der Waals surface area contributed by atoms with Gasteiger partial charge in [-0.05, 0) is 30.5 Å². The van der Waals surface area contributed by atoms with Crippen molar-refractivity contribution in [2.75, 3.05) is 5.32 Å².